The number of hydrogen-bond donors (Lipinski definition) is 2. The lowest BCUT2D eigenvalue weighted by atomic mass is 9.77. The lowest BCUT2D eigenvalue weighted by Crippen LogP contribution is -2.43. The summed E-state index contributed by atoms with van der Waals surface area (Å²) in [6.07, 6.45) is 6.71. The van der Waals surface area contributed by atoms with Gasteiger partial charge in [0.05, 0.1) is 5.92 Å². The molecule has 2 amide bonds. The molecule has 3 aliphatic rings. The fourth-order valence-corrected chi connectivity index (χ4v) is 5.39. The number of H-pyrrole nitrogens is 1. The summed E-state index contributed by atoms with van der Waals surface area (Å²) in [5.41, 5.74) is 3.86. The Kier molecular flexibility index (Phi) is 5.40. The Morgan fingerprint density at radius 2 is 1.71 bits per heavy atom. The van der Waals surface area contributed by atoms with E-state index in [0.29, 0.717) is 18.3 Å². The zero-order valence-corrected chi connectivity index (χ0v) is 19.2. The van der Waals surface area contributed by atoms with Crippen LogP contribution in [0.25, 0.3) is 11.4 Å². The standard InChI is InChI=1S/C27H29N5O2/c33-26(28-20-13-11-19(12-14-20)25-29-24(30-31-25)18-9-10-18)21-6-2-3-7-22(21)27(34)32-16-15-17-5-1-4-8-23(17)32/h1,4-5,8,11-14,18,21-22H,2-3,6-7,9-10,15-16H2,(H,28,33)(H,29,30,31). The first-order valence-electron chi connectivity index (χ1n) is 12.4. The number of anilines is 2. The van der Waals surface area contributed by atoms with Gasteiger partial charge < -0.3 is 10.2 Å². The fraction of sp³-hybridized carbons (Fsp3) is 0.407. The summed E-state index contributed by atoms with van der Waals surface area (Å²) in [7, 11) is 0. The molecular formula is C27H29N5O2. The first-order valence-corrected chi connectivity index (χ1v) is 12.4. The van der Waals surface area contributed by atoms with Gasteiger partial charge in [0.25, 0.3) is 0 Å². The van der Waals surface area contributed by atoms with Crippen molar-refractivity contribution in [2.75, 3.05) is 16.8 Å². The highest BCUT2D eigenvalue weighted by Crippen LogP contribution is 2.39. The molecule has 2 fully saturated rings. The van der Waals surface area contributed by atoms with Gasteiger partial charge in [-0.1, -0.05) is 31.0 Å². The molecule has 34 heavy (non-hydrogen) atoms. The zero-order chi connectivity index (χ0) is 23.1. The molecule has 0 spiro atoms. The van der Waals surface area contributed by atoms with Gasteiger partial charge >= 0.3 is 0 Å². The van der Waals surface area contributed by atoms with Crippen LogP contribution in [-0.4, -0.2) is 33.5 Å². The number of aromatic amines is 1. The molecule has 6 rings (SSSR count). The molecule has 1 aromatic heterocycles. The van der Waals surface area contributed by atoms with Crippen molar-refractivity contribution in [2.45, 2.75) is 50.9 Å². The van der Waals surface area contributed by atoms with Crippen molar-refractivity contribution >= 4 is 23.2 Å². The molecule has 2 saturated carbocycles. The molecule has 0 radical (unpaired) electrons. The predicted molar refractivity (Wildman–Crippen MR) is 130 cm³/mol. The highest BCUT2D eigenvalue weighted by atomic mass is 16.2. The van der Waals surface area contributed by atoms with E-state index in [4.69, 9.17) is 0 Å². The number of nitrogens with one attached hydrogen (secondary N) is 2. The number of rotatable bonds is 5. The maximum absolute atomic E-state index is 13.5. The van der Waals surface area contributed by atoms with Gasteiger partial charge in [-0.05, 0) is 68.0 Å². The minimum Gasteiger partial charge on any atom is -0.326 e. The van der Waals surface area contributed by atoms with Crippen LogP contribution in [0.3, 0.4) is 0 Å². The van der Waals surface area contributed by atoms with Crippen LogP contribution in [0.4, 0.5) is 11.4 Å². The van der Waals surface area contributed by atoms with Crippen LogP contribution in [0.5, 0.6) is 0 Å². The van der Waals surface area contributed by atoms with E-state index in [0.717, 1.165) is 54.9 Å². The molecule has 7 heteroatoms. The molecule has 1 aliphatic heterocycles. The van der Waals surface area contributed by atoms with Crippen LogP contribution in [0.1, 0.15) is 55.8 Å². The molecule has 3 aromatic rings. The van der Waals surface area contributed by atoms with E-state index < -0.39 is 0 Å². The number of hydrogen-bond acceptors (Lipinski definition) is 4. The van der Waals surface area contributed by atoms with E-state index in [1.54, 1.807) is 0 Å². The topological polar surface area (TPSA) is 91.0 Å². The molecule has 2 heterocycles. The van der Waals surface area contributed by atoms with E-state index in [1.165, 1.54) is 18.4 Å². The molecule has 0 bridgehead atoms. The summed E-state index contributed by atoms with van der Waals surface area (Å²) in [4.78, 5) is 33.3. The lowest BCUT2D eigenvalue weighted by Gasteiger charge is -2.32. The van der Waals surface area contributed by atoms with Crippen LogP contribution < -0.4 is 10.2 Å². The first-order chi connectivity index (χ1) is 16.7. The molecular weight excluding hydrogens is 426 g/mol. The quantitative estimate of drug-likeness (QED) is 0.584. The van der Waals surface area contributed by atoms with Gasteiger partial charge in [-0.2, -0.15) is 5.10 Å². The first kappa shape index (κ1) is 21.1. The van der Waals surface area contributed by atoms with E-state index in [2.05, 4.69) is 26.6 Å². The summed E-state index contributed by atoms with van der Waals surface area (Å²) in [5, 5.41) is 10.4. The van der Waals surface area contributed by atoms with Crippen molar-refractivity contribution in [3.63, 3.8) is 0 Å². The smallest absolute Gasteiger partial charge is 0.230 e. The van der Waals surface area contributed by atoms with E-state index in [9.17, 15) is 9.59 Å². The summed E-state index contributed by atoms with van der Waals surface area (Å²) >= 11 is 0. The summed E-state index contributed by atoms with van der Waals surface area (Å²) in [6.45, 7) is 0.703. The second-order valence-corrected chi connectivity index (χ2v) is 9.75. The normalized spacial score (nSPS) is 21.8. The average Bonchev–Trinajstić information content (AvgIpc) is 3.45. The van der Waals surface area contributed by atoms with Crippen molar-refractivity contribution in [1.29, 1.82) is 0 Å². The van der Waals surface area contributed by atoms with Gasteiger partial charge in [0.15, 0.2) is 5.82 Å². The second-order valence-electron chi connectivity index (χ2n) is 9.75. The second kappa shape index (κ2) is 8.70. The Labute approximate surface area is 199 Å². The average molecular weight is 456 g/mol. The minimum absolute atomic E-state index is 0.0628. The molecule has 2 unspecified atom stereocenters. The SMILES string of the molecule is O=C(Nc1ccc(-c2n[nH]c(C3CC3)n2)cc1)C1CCCCC1C(=O)N1CCc2ccccc21. The van der Waals surface area contributed by atoms with Gasteiger partial charge in [0.1, 0.15) is 5.82 Å². The van der Waals surface area contributed by atoms with Gasteiger partial charge in [-0.3, -0.25) is 14.7 Å². The van der Waals surface area contributed by atoms with Crippen molar-refractivity contribution < 1.29 is 9.59 Å². The Morgan fingerprint density at radius 3 is 2.50 bits per heavy atom. The Balaban J connectivity index is 1.14. The summed E-state index contributed by atoms with van der Waals surface area (Å²) in [5.74, 6) is 1.63. The van der Waals surface area contributed by atoms with Crippen LogP contribution in [0.15, 0.2) is 48.5 Å². The molecule has 2 N–H and O–H groups in total. The monoisotopic (exact) mass is 455 g/mol. The molecule has 2 aromatic carbocycles. The van der Waals surface area contributed by atoms with Crippen LogP contribution >= 0.6 is 0 Å². The van der Waals surface area contributed by atoms with Crippen LogP contribution in [0.2, 0.25) is 0 Å². The van der Waals surface area contributed by atoms with E-state index in [1.807, 2.05) is 47.4 Å². The number of aromatic nitrogens is 3. The maximum atomic E-state index is 13.5. The summed E-state index contributed by atoms with van der Waals surface area (Å²) < 4.78 is 0. The zero-order valence-electron chi connectivity index (χ0n) is 19.2. The Morgan fingerprint density at radius 1 is 0.941 bits per heavy atom. The number of fused-ring (bicyclic) bond motifs is 1. The highest BCUT2D eigenvalue weighted by molar-refractivity contribution is 6.02. The van der Waals surface area contributed by atoms with Crippen LogP contribution in [0, 0.1) is 11.8 Å². The van der Waals surface area contributed by atoms with Gasteiger partial charge in [0.2, 0.25) is 11.8 Å². The van der Waals surface area contributed by atoms with Crippen molar-refractivity contribution in [1.82, 2.24) is 15.2 Å². The third-order valence-electron chi connectivity index (χ3n) is 7.45. The number of para-hydroxylation sites is 1. The number of carbonyl (C=O) groups excluding carboxylic acids is 2. The van der Waals surface area contributed by atoms with Crippen LogP contribution in [-0.2, 0) is 16.0 Å². The van der Waals surface area contributed by atoms with Gasteiger partial charge in [0, 0.05) is 35.3 Å². The molecule has 2 aliphatic carbocycles. The van der Waals surface area contributed by atoms with Crippen molar-refractivity contribution in [2.24, 2.45) is 11.8 Å². The third-order valence-corrected chi connectivity index (χ3v) is 7.45. The van der Waals surface area contributed by atoms with Crippen molar-refractivity contribution in [3.8, 4) is 11.4 Å². The molecule has 7 nitrogen and oxygen atoms in total. The Bertz CT molecular complexity index is 1210. The lowest BCUT2D eigenvalue weighted by molar-refractivity contribution is -0.132. The van der Waals surface area contributed by atoms with Gasteiger partial charge in [-0.25, -0.2) is 4.98 Å². The minimum atomic E-state index is -0.303. The number of nitrogens with zero attached hydrogens (tertiary/aromatic N) is 3. The number of carbonyl (C=O) groups is 2. The number of benzene rings is 2. The molecule has 0 saturated heterocycles. The molecule has 174 valence electrons. The highest BCUT2D eigenvalue weighted by Gasteiger charge is 2.39. The molecule has 2 atom stereocenters. The van der Waals surface area contributed by atoms with Gasteiger partial charge in [-0.15, -0.1) is 0 Å². The number of amides is 2. The third kappa shape index (κ3) is 4.00. The maximum Gasteiger partial charge on any atom is 0.230 e. The fourth-order valence-electron chi connectivity index (χ4n) is 5.39. The van der Waals surface area contributed by atoms with E-state index >= 15 is 0 Å². The van der Waals surface area contributed by atoms with Crippen molar-refractivity contribution in [3.05, 3.63) is 59.9 Å². The predicted octanol–water partition coefficient (Wildman–Crippen LogP) is 4.68. The summed E-state index contributed by atoms with van der Waals surface area (Å²) in [6, 6.07) is 15.7. The Hall–Kier alpha value is -3.48. The van der Waals surface area contributed by atoms with E-state index in [-0.39, 0.29) is 23.7 Å². The largest absolute Gasteiger partial charge is 0.326 e.